The third-order valence-corrected chi connectivity index (χ3v) is 6.00. The number of ether oxygens (including phenoxy) is 3. The first-order valence-corrected chi connectivity index (χ1v) is 12.5. The van der Waals surface area contributed by atoms with Crippen molar-refractivity contribution >= 4 is 16.9 Å². The number of fused-ring (bicyclic) bond motifs is 1. The molecule has 0 aliphatic rings. The van der Waals surface area contributed by atoms with Crippen LogP contribution in [0, 0.1) is 0 Å². The lowest BCUT2D eigenvalue weighted by atomic mass is 9.97. The zero-order chi connectivity index (χ0) is 29.4. The molecule has 0 radical (unpaired) electrons. The number of benzene rings is 2. The average molecular weight is 563 g/mol. The van der Waals surface area contributed by atoms with Crippen molar-refractivity contribution in [2.45, 2.75) is 59.3 Å². The van der Waals surface area contributed by atoms with Crippen LogP contribution in [0.5, 0.6) is 11.5 Å². The van der Waals surface area contributed by atoms with Crippen molar-refractivity contribution in [1.29, 1.82) is 0 Å². The molecule has 0 fully saturated rings. The van der Waals surface area contributed by atoms with Crippen molar-refractivity contribution in [3.63, 3.8) is 0 Å². The summed E-state index contributed by atoms with van der Waals surface area (Å²) in [5, 5.41) is 8.85. The number of rotatable bonds is 9. The fraction of sp³-hybridized carbons (Fsp3) is 0.393. The van der Waals surface area contributed by atoms with E-state index >= 15 is 0 Å². The summed E-state index contributed by atoms with van der Waals surface area (Å²) in [5.74, 6) is -1.59. The number of hydrogen-bond acceptors (Lipinski definition) is 6. The van der Waals surface area contributed by atoms with Gasteiger partial charge in [0.1, 0.15) is 22.7 Å². The predicted molar refractivity (Wildman–Crippen MR) is 141 cm³/mol. The monoisotopic (exact) mass is 562 g/mol. The molecule has 0 atom stereocenters. The molecule has 2 aromatic heterocycles. The normalized spacial score (nSPS) is 12.0. The molecule has 12 heteroatoms. The summed E-state index contributed by atoms with van der Waals surface area (Å²) in [6.07, 6.45) is 1.36. The largest absolute Gasteiger partial charge is 0.496 e. The molecule has 0 saturated carbocycles. The maximum atomic E-state index is 14.5. The number of aromatic nitrogens is 4. The number of alkyl halides is 4. The summed E-state index contributed by atoms with van der Waals surface area (Å²) < 4.78 is 74.3. The van der Waals surface area contributed by atoms with Gasteiger partial charge in [-0.3, -0.25) is 9.36 Å². The highest BCUT2D eigenvalue weighted by atomic mass is 19.3. The molecule has 214 valence electrons. The number of carbonyl (C=O) groups excluding carboxylic acids is 1. The zero-order valence-electron chi connectivity index (χ0n) is 23.0. The minimum Gasteiger partial charge on any atom is -0.496 e. The Balaban J connectivity index is 1.94. The Kier molecular flexibility index (Phi) is 8.08. The molecule has 0 aliphatic carbocycles. The van der Waals surface area contributed by atoms with Crippen LogP contribution in [-0.4, -0.2) is 44.9 Å². The molecule has 0 aliphatic heterocycles. The molecule has 2 aromatic carbocycles. The van der Waals surface area contributed by atoms with E-state index in [1.54, 1.807) is 51.0 Å². The van der Waals surface area contributed by atoms with E-state index in [1.807, 2.05) is 6.92 Å². The molecule has 0 unspecified atom stereocenters. The van der Waals surface area contributed by atoms with E-state index in [0.717, 1.165) is 6.42 Å². The van der Waals surface area contributed by atoms with Crippen LogP contribution in [0.1, 0.15) is 56.5 Å². The smallest absolute Gasteiger partial charge is 0.387 e. The highest BCUT2D eigenvalue weighted by Gasteiger charge is 2.29. The zero-order valence-corrected chi connectivity index (χ0v) is 23.0. The quantitative estimate of drug-likeness (QED) is 0.161. The van der Waals surface area contributed by atoms with Gasteiger partial charge in [0, 0.05) is 41.9 Å². The van der Waals surface area contributed by atoms with E-state index in [2.05, 4.69) is 14.9 Å². The SMILES string of the molecule is CCCn1cc(-c2cc(C(F)F)c3c(-c4cc(OC)c(C(=O)OC(C)(C)C)c(OC(F)F)c4)n(C)nc3c2)cn1. The van der Waals surface area contributed by atoms with E-state index in [-0.39, 0.29) is 39.0 Å². The molecular weight excluding hydrogens is 532 g/mol. The Morgan fingerprint density at radius 2 is 1.73 bits per heavy atom. The highest BCUT2D eigenvalue weighted by Crippen LogP contribution is 2.42. The van der Waals surface area contributed by atoms with E-state index in [0.29, 0.717) is 17.7 Å². The van der Waals surface area contributed by atoms with E-state index in [9.17, 15) is 22.4 Å². The molecule has 4 rings (SSSR count). The lowest BCUT2D eigenvalue weighted by molar-refractivity contribution is -0.0509. The van der Waals surface area contributed by atoms with Crippen molar-refractivity contribution in [2.75, 3.05) is 7.11 Å². The summed E-state index contributed by atoms with van der Waals surface area (Å²) in [6, 6.07) is 5.59. The standard InChI is InChI=1S/C28H30F4N4O4/c1-7-8-36-14-17(13-33-36)15-9-18(25(29)30)22-19(10-15)34-35(5)24(22)16-11-20(38-6)23(21(12-16)39-27(31)32)26(37)40-28(2,3)4/h9-14,25,27H,7-8H2,1-6H3. The Bertz CT molecular complexity index is 1540. The third-order valence-electron chi connectivity index (χ3n) is 6.00. The molecule has 0 saturated heterocycles. The van der Waals surface area contributed by atoms with Gasteiger partial charge in [0.15, 0.2) is 0 Å². The number of methoxy groups -OCH3 is 1. The topological polar surface area (TPSA) is 80.4 Å². The van der Waals surface area contributed by atoms with Gasteiger partial charge in [-0.1, -0.05) is 6.92 Å². The lowest BCUT2D eigenvalue weighted by Gasteiger charge is -2.22. The predicted octanol–water partition coefficient (Wildman–Crippen LogP) is 7.02. The number of carbonyl (C=O) groups is 1. The summed E-state index contributed by atoms with van der Waals surface area (Å²) in [6.45, 7) is 4.27. The fourth-order valence-corrected chi connectivity index (χ4v) is 4.50. The molecule has 0 amide bonds. The molecule has 0 N–H and O–H groups in total. The fourth-order valence-electron chi connectivity index (χ4n) is 4.50. The second-order valence-corrected chi connectivity index (χ2v) is 10.2. The maximum Gasteiger partial charge on any atom is 0.387 e. The van der Waals surface area contributed by atoms with E-state index in [1.165, 1.54) is 30.0 Å². The molecule has 0 bridgehead atoms. The van der Waals surface area contributed by atoms with Crippen LogP contribution in [0.15, 0.2) is 36.7 Å². The molecule has 40 heavy (non-hydrogen) atoms. The molecule has 4 aromatic rings. The van der Waals surface area contributed by atoms with Gasteiger partial charge in [0.25, 0.3) is 6.43 Å². The first-order chi connectivity index (χ1) is 18.8. The Morgan fingerprint density at radius 1 is 1.02 bits per heavy atom. The van der Waals surface area contributed by atoms with Crippen LogP contribution in [-0.2, 0) is 18.3 Å². The molecule has 2 heterocycles. The Hall–Kier alpha value is -4.09. The number of esters is 1. The first kappa shape index (κ1) is 28.9. The average Bonchev–Trinajstić information content (AvgIpc) is 3.45. The van der Waals surface area contributed by atoms with Gasteiger partial charge in [-0.2, -0.15) is 19.0 Å². The second kappa shape index (κ2) is 11.2. The van der Waals surface area contributed by atoms with Crippen molar-refractivity contribution in [1.82, 2.24) is 19.6 Å². The molecule has 8 nitrogen and oxygen atoms in total. The van der Waals surface area contributed by atoms with Crippen LogP contribution in [0.25, 0.3) is 33.3 Å². The minimum absolute atomic E-state index is 0.122. The van der Waals surface area contributed by atoms with Gasteiger partial charge < -0.3 is 14.2 Å². The third kappa shape index (κ3) is 5.90. The van der Waals surface area contributed by atoms with Crippen LogP contribution in [0.4, 0.5) is 17.6 Å². The minimum atomic E-state index is -3.28. The summed E-state index contributed by atoms with van der Waals surface area (Å²) >= 11 is 0. The second-order valence-electron chi connectivity index (χ2n) is 10.2. The van der Waals surface area contributed by atoms with Crippen LogP contribution >= 0.6 is 0 Å². The van der Waals surface area contributed by atoms with Crippen molar-refractivity contribution in [3.8, 4) is 33.9 Å². The summed E-state index contributed by atoms with van der Waals surface area (Å²) in [4.78, 5) is 12.9. The maximum absolute atomic E-state index is 14.5. The van der Waals surface area contributed by atoms with Gasteiger partial charge >= 0.3 is 12.6 Å². The Morgan fingerprint density at radius 3 is 2.33 bits per heavy atom. The first-order valence-electron chi connectivity index (χ1n) is 12.5. The van der Waals surface area contributed by atoms with Gasteiger partial charge in [0.05, 0.1) is 24.5 Å². The lowest BCUT2D eigenvalue weighted by Crippen LogP contribution is -2.25. The van der Waals surface area contributed by atoms with Crippen LogP contribution in [0.2, 0.25) is 0 Å². The number of halogens is 4. The van der Waals surface area contributed by atoms with E-state index in [4.69, 9.17) is 9.47 Å². The summed E-state index contributed by atoms with van der Waals surface area (Å²) in [7, 11) is 2.79. The van der Waals surface area contributed by atoms with Crippen molar-refractivity contribution in [3.05, 3.63) is 47.8 Å². The van der Waals surface area contributed by atoms with E-state index < -0.39 is 30.4 Å². The summed E-state index contributed by atoms with van der Waals surface area (Å²) in [5.41, 5.74) is 0.216. The van der Waals surface area contributed by atoms with Crippen molar-refractivity contribution < 1.29 is 36.6 Å². The molecule has 0 spiro atoms. The van der Waals surface area contributed by atoms with Gasteiger partial charge in [0.2, 0.25) is 0 Å². The van der Waals surface area contributed by atoms with Gasteiger partial charge in [-0.05, 0) is 57.0 Å². The van der Waals surface area contributed by atoms with Gasteiger partial charge in [-0.25, -0.2) is 13.6 Å². The number of hydrogen-bond donors (Lipinski definition) is 0. The Labute approximate surface area is 228 Å². The molecular formula is C28H30F4N4O4. The van der Waals surface area contributed by atoms with Crippen LogP contribution in [0.3, 0.4) is 0 Å². The van der Waals surface area contributed by atoms with Gasteiger partial charge in [-0.15, -0.1) is 0 Å². The number of aryl methyl sites for hydroxylation is 2. The number of nitrogens with zero attached hydrogens (tertiary/aromatic N) is 4. The highest BCUT2D eigenvalue weighted by molar-refractivity contribution is 6.01. The van der Waals surface area contributed by atoms with Crippen LogP contribution < -0.4 is 9.47 Å². The van der Waals surface area contributed by atoms with Crippen molar-refractivity contribution in [2.24, 2.45) is 7.05 Å².